The van der Waals surface area contributed by atoms with Crippen LogP contribution in [0.1, 0.15) is 32.9 Å². The zero-order valence-electron chi connectivity index (χ0n) is 16.3. The molecule has 3 aromatic rings. The van der Waals surface area contributed by atoms with Gasteiger partial charge in [-0.3, -0.25) is 4.79 Å². The average molecular weight is 364 g/mol. The molecule has 2 heterocycles. The molecule has 0 aliphatic heterocycles. The second-order valence-corrected chi connectivity index (χ2v) is 6.81. The maximum absolute atomic E-state index is 12.6. The minimum absolute atomic E-state index is 0.244. The molecule has 0 bridgehead atoms. The van der Waals surface area contributed by atoms with Crippen molar-refractivity contribution < 1.29 is 4.79 Å². The van der Waals surface area contributed by atoms with Crippen LogP contribution in [0.5, 0.6) is 0 Å². The van der Waals surface area contributed by atoms with Crippen LogP contribution in [0.3, 0.4) is 0 Å². The molecule has 0 aliphatic carbocycles. The Morgan fingerprint density at radius 3 is 2.59 bits per heavy atom. The molecule has 1 amide bonds. The number of nitrogens with zero attached hydrogens (tertiary/aromatic N) is 5. The number of pyridine rings is 1. The van der Waals surface area contributed by atoms with Crippen LogP contribution in [0.25, 0.3) is 5.69 Å². The smallest absolute Gasteiger partial charge is 0.274 e. The fourth-order valence-corrected chi connectivity index (χ4v) is 2.81. The van der Waals surface area contributed by atoms with Gasteiger partial charge in [-0.25, -0.2) is 4.98 Å². The topological polar surface area (TPSA) is 75.9 Å². The summed E-state index contributed by atoms with van der Waals surface area (Å²) in [4.78, 5) is 20.3. The number of aryl methyl sites for hydroxylation is 3. The summed E-state index contributed by atoms with van der Waals surface area (Å²) < 4.78 is 0. The van der Waals surface area contributed by atoms with Crippen molar-refractivity contribution >= 4 is 11.7 Å². The lowest BCUT2D eigenvalue weighted by Crippen LogP contribution is -2.24. The third kappa shape index (κ3) is 4.13. The molecule has 7 heteroatoms. The molecule has 3 rings (SSSR count). The summed E-state index contributed by atoms with van der Waals surface area (Å²) in [5.41, 5.74) is 5.00. The predicted molar refractivity (Wildman–Crippen MR) is 105 cm³/mol. The molecule has 0 spiro atoms. The van der Waals surface area contributed by atoms with Crippen LogP contribution in [-0.4, -0.2) is 40.0 Å². The number of carbonyl (C=O) groups is 1. The van der Waals surface area contributed by atoms with Crippen molar-refractivity contribution in [2.45, 2.75) is 27.3 Å². The Morgan fingerprint density at radius 2 is 1.89 bits per heavy atom. The summed E-state index contributed by atoms with van der Waals surface area (Å²) in [5, 5.41) is 11.7. The van der Waals surface area contributed by atoms with Gasteiger partial charge in [-0.15, -0.1) is 5.10 Å². The summed E-state index contributed by atoms with van der Waals surface area (Å²) in [5.74, 6) is 0.602. The van der Waals surface area contributed by atoms with Crippen LogP contribution in [0, 0.1) is 20.8 Å². The molecule has 1 aromatic carbocycles. The van der Waals surface area contributed by atoms with Gasteiger partial charge in [-0.2, -0.15) is 9.90 Å². The molecule has 0 radical (unpaired) electrons. The molecule has 1 N–H and O–H groups in total. The average Bonchev–Trinajstić information content (AvgIpc) is 3.01. The summed E-state index contributed by atoms with van der Waals surface area (Å²) in [6.45, 7) is 6.24. The lowest BCUT2D eigenvalue weighted by atomic mass is 10.1. The normalized spacial score (nSPS) is 10.7. The fraction of sp³-hybridized carbons (Fsp3) is 0.300. The summed E-state index contributed by atoms with van der Waals surface area (Å²) in [7, 11) is 3.86. The van der Waals surface area contributed by atoms with Crippen molar-refractivity contribution in [3.8, 4) is 5.69 Å². The lowest BCUT2D eigenvalue weighted by Gasteiger charge is -2.12. The van der Waals surface area contributed by atoms with Gasteiger partial charge in [-0.05, 0) is 50.1 Å². The van der Waals surface area contributed by atoms with E-state index in [1.807, 2.05) is 57.1 Å². The van der Waals surface area contributed by atoms with Gasteiger partial charge in [0.15, 0.2) is 5.69 Å². The van der Waals surface area contributed by atoms with Gasteiger partial charge in [0.25, 0.3) is 5.91 Å². The summed E-state index contributed by atoms with van der Waals surface area (Å²) in [6, 6.07) is 9.87. The highest BCUT2D eigenvalue weighted by Crippen LogP contribution is 2.15. The second kappa shape index (κ2) is 7.57. The second-order valence-electron chi connectivity index (χ2n) is 6.81. The summed E-state index contributed by atoms with van der Waals surface area (Å²) in [6.07, 6.45) is 1.73. The Kier molecular flexibility index (Phi) is 5.21. The van der Waals surface area contributed by atoms with E-state index in [2.05, 4.69) is 26.6 Å². The van der Waals surface area contributed by atoms with E-state index in [0.29, 0.717) is 17.9 Å². The zero-order chi connectivity index (χ0) is 19.6. The monoisotopic (exact) mass is 364 g/mol. The first kappa shape index (κ1) is 18.6. The first-order chi connectivity index (χ1) is 12.8. The Balaban J connectivity index is 1.76. The van der Waals surface area contributed by atoms with Crippen molar-refractivity contribution in [2.24, 2.45) is 0 Å². The zero-order valence-corrected chi connectivity index (χ0v) is 16.3. The number of anilines is 1. The Labute approximate surface area is 159 Å². The molecular formula is C20H24N6O. The van der Waals surface area contributed by atoms with Crippen LogP contribution in [-0.2, 0) is 6.54 Å². The SMILES string of the molecule is Cc1ccc(-n2nc(C)c(C(=O)NCc3ccnc(N(C)C)c3)n2)c(C)c1. The van der Waals surface area contributed by atoms with Crippen LogP contribution in [0.2, 0.25) is 0 Å². The molecule has 0 saturated carbocycles. The van der Waals surface area contributed by atoms with Gasteiger partial charge in [0, 0.05) is 26.8 Å². The maximum Gasteiger partial charge on any atom is 0.274 e. The van der Waals surface area contributed by atoms with E-state index >= 15 is 0 Å². The lowest BCUT2D eigenvalue weighted by molar-refractivity contribution is 0.0945. The largest absolute Gasteiger partial charge is 0.363 e. The maximum atomic E-state index is 12.6. The van der Waals surface area contributed by atoms with Gasteiger partial charge in [0.2, 0.25) is 0 Å². The van der Waals surface area contributed by atoms with Crippen molar-refractivity contribution in [1.29, 1.82) is 0 Å². The molecule has 0 aliphatic rings. The minimum Gasteiger partial charge on any atom is -0.363 e. The van der Waals surface area contributed by atoms with Crippen LogP contribution < -0.4 is 10.2 Å². The van der Waals surface area contributed by atoms with Gasteiger partial charge in [0.05, 0.1) is 11.4 Å². The number of carbonyl (C=O) groups excluding carboxylic acids is 1. The molecule has 0 atom stereocenters. The van der Waals surface area contributed by atoms with E-state index in [9.17, 15) is 4.79 Å². The van der Waals surface area contributed by atoms with Crippen LogP contribution in [0.4, 0.5) is 5.82 Å². The molecule has 0 unspecified atom stereocenters. The Bertz CT molecular complexity index is 976. The van der Waals surface area contributed by atoms with E-state index in [1.54, 1.807) is 13.1 Å². The third-order valence-corrected chi connectivity index (χ3v) is 4.29. The molecule has 27 heavy (non-hydrogen) atoms. The number of nitrogens with one attached hydrogen (secondary N) is 1. The van der Waals surface area contributed by atoms with E-state index in [1.165, 1.54) is 10.4 Å². The van der Waals surface area contributed by atoms with Crippen molar-refractivity contribution in [1.82, 2.24) is 25.3 Å². The van der Waals surface area contributed by atoms with Crippen LogP contribution in [0.15, 0.2) is 36.5 Å². The van der Waals surface area contributed by atoms with E-state index < -0.39 is 0 Å². The fourth-order valence-electron chi connectivity index (χ4n) is 2.81. The Morgan fingerprint density at radius 1 is 1.11 bits per heavy atom. The number of aromatic nitrogens is 4. The van der Waals surface area contributed by atoms with Crippen molar-refractivity contribution in [2.75, 3.05) is 19.0 Å². The summed E-state index contributed by atoms with van der Waals surface area (Å²) >= 11 is 0. The number of hydrogen-bond donors (Lipinski definition) is 1. The van der Waals surface area contributed by atoms with Gasteiger partial charge in [-0.1, -0.05) is 17.7 Å². The molecule has 0 fully saturated rings. The number of rotatable bonds is 5. The Hall–Kier alpha value is -3.22. The number of amides is 1. The quantitative estimate of drug-likeness (QED) is 0.753. The van der Waals surface area contributed by atoms with Gasteiger partial charge in [0.1, 0.15) is 5.82 Å². The predicted octanol–water partition coefficient (Wildman–Crippen LogP) is 2.58. The first-order valence-electron chi connectivity index (χ1n) is 8.77. The highest BCUT2D eigenvalue weighted by Gasteiger charge is 2.17. The van der Waals surface area contributed by atoms with E-state index in [0.717, 1.165) is 22.6 Å². The molecular weight excluding hydrogens is 340 g/mol. The van der Waals surface area contributed by atoms with E-state index in [4.69, 9.17) is 0 Å². The number of benzene rings is 1. The van der Waals surface area contributed by atoms with Crippen molar-refractivity contribution in [3.63, 3.8) is 0 Å². The molecule has 0 saturated heterocycles. The highest BCUT2D eigenvalue weighted by molar-refractivity contribution is 5.93. The number of hydrogen-bond acceptors (Lipinski definition) is 5. The van der Waals surface area contributed by atoms with Crippen LogP contribution >= 0.6 is 0 Å². The van der Waals surface area contributed by atoms with Crippen molar-refractivity contribution in [3.05, 3.63) is 64.6 Å². The molecule has 2 aromatic heterocycles. The third-order valence-electron chi connectivity index (χ3n) is 4.29. The highest BCUT2D eigenvalue weighted by atomic mass is 16.2. The van der Waals surface area contributed by atoms with E-state index in [-0.39, 0.29) is 5.91 Å². The minimum atomic E-state index is -0.244. The van der Waals surface area contributed by atoms with Gasteiger partial charge >= 0.3 is 0 Å². The molecule has 7 nitrogen and oxygen atoms in total. The van der Waals surface area contributed by atoms with Gasteiger partial charge < -0.3 is 10.2 Å². The molecule has 140 valence electrons. The first-order valence-corrected chi connectivity index (χ1v) is 8.77. The standard InChI is InChI=1S/C20H24N6O/c1-13-6-7-17(14(2)10-13)26-23-15(3)19(24-26)20(27)22-12-16-8-9-21-18(11-16)25(4)5/h6-11H,12H2,1-5H3,(H,22,27).